The van der Waals surface area contributed by atoms with Crippen molar-refractivity contribution in [2.75, 3.05) is 18.0 Å². The highest BCUT2D eigenvalue weighted by molar-refractivity contribution is 7.89. The summed E-state index contributed by atoms with van der Waals surface area (Å²) in [5.74, 6) is -1.42. The van der Waals surface area contributed by atoms with Gasteiger partial charge >= 0.3 is 5.97 Å². The first-order chi connectivity index (χ1) is 19.3. The molecule has 1 aliphatic carbocycles. The van der Waals surface area contributed by atoms with Gasteiger partial charge in [0.05, 0.1) is 23.2 Å². The quantitative estimate of drug-likeness (QED) is 0.294. The summed E-state index contributed by atoms with van der Waals surface area (Å²) in [6.45, 7) is -0.220. The van der Waals surface area contributed by atoms with Gasteiger partial charge in [0.1, 0.15) is 4.88 Å². The van der Waals surface area contributed by atoms with Gasteiger partial charge in [-0.05, 0) is 41.8 Å². The first-order valence-electron chi connectivity index (χ1n) is 13.6. The second-order valence-corrected chi connectivity index (χ2v) is 13.5. The fourth-order valence-electron chi connectivity index (χ4n) is 6.16. The van der Waals surface area contributed by atoms with E-state index in [1.807, 2.05) is 54.6 Å². The van der Waals surface area contributed by atoms with Gasteiger partial charge in [-0.3, -0.25) is 4.79 Å². The van der Waals surface area contributed by atoms with Crippen LogP contribution in [0.15, 0.2) is 83.8 Å². The summed E-state index contributed by atoms with van der Waals surface area (Å²) >= 11 is 1.14. The van der Waals surface area contributed by atoms with Crippen molar-refractivity contribution >= 4 is 49.7 Å². The molecule has 1 aromatic heterocycles. The Kier molecular flexibility index (Phi) is 7.20. The predicted octanol–water partition coefficient (Wildman–Crippen LogP) is 6.25. The Bertz CT molecular complexity index is 1670. The van der Waals surface area contributed by atoms with Crippen molar-refractivity contribution in [3.05, 3.63) is 83.7 Å². The molecular weight excluding hydrogens is 544 g/mol. The molecule has 6 rings (SSSR count). The molecule has 0 radical (unpaired) electrons. The van der Waals surface area contributed by atoms with Gasteiger partial charge in [-0.2, -0.15) is 4.31 Å². The molecule has 1 saturated heterocycles. The molecule has 0 bridgehead atoms. The van der Waals surface area contributed by atoms with Crippen molar-refractivity contribution in [3.8, 4) is 10.4 Å². The molecule has 1 N–H and O–H groups in total. The lowest BCUT2D eigenvalue weighted by Gasteiger charge is -2.45. The van der Waals surface area contributed by atoms with Crippen molar-refractivity contribution in [2.24, 2.45) is 5.92 Å². The number of carboxylic acids is 1. The highest BCUT2D eigenvalue weighted by Crippen LogP contribution is 2.42. The van der Waals surface area contributed by atoms with Crippen LogP contribution in [0.1, 0.15) is 41.8 Å². The predicted molar refractivity (Wildman–Crippen MR) is 157 cm³/mol. The maximum absolute atomic E-state index is 14.0. The average molecular weight is 575 g/mol. The standard InChI is InChI=1S/C31H30N2O5S2/c34-29-20-32(40(37,38)28-17-9-15-21-10-7-8-16-24(21)28)19-26(22-11-3-1-4-12-22)33(29)25-18-27(39-30(25)31(35)36)23-13-5-2-6-14-23/h2,5-10,13-18,22,26H,1,3-4,11-12,19-20H2,(H,35,36). The maximum atomic E-state index is 14.0. The number of anilines is 1. The van der Waals surface area contributed by atoms with Crippen LogP contribution < -0.4 is 4.90 Å². The molecule has 40 heavy (non-hydrogen) atoms. The first-order valence-corrected chi connectivity index (χ1v) is 15.8. The van der Waals surface area contributed by atoms with E-state index in [2.05, 4.69) is 0 Å². The number of nitrogens with zero attached hydrogens (tertiary/aromatic N) is 2. The number of benzene rings is 3. The van der Waals surface area contributed by atoms with E-state index in [0.717, 1.165) is 59.3 Å². The van der Waals surface area contributed by atoms with Gasteiger partial charge < -0.3 is 10.0 Å². The van der Waals surface area contributed by atoms with E-state index in [1.54, 1.807) is 29.2 Å². The molecule has 1 atom stereocenters. The molecule has 7 nitrogen and oxygen atoms in total. The highest BCUT2D eigenvalue weighted by atomic mass is 32.2. The molecule has 3 aromatic carbocycles. The van der Waals surface area contributed by atoms with Crippen molar-refractivity contribution < 1.29 is 23.1 Å². The summed E-state index contributed by atoms with van der Waals surface area (Å²) in [5.41, 5.74) is 1.24. The van der Waals surface area contributed by atoms with E-state index in [0.29, 0.717) is 11.1 Å². The van der Waals surface area contributed by atoms with E-state index in [-0.39, 0.29) is 28.8 Å². The lowest BCUT2D eigenvalue weighted by atomic mass is 9.82. The monoisotopic (exact) mass is 574 g/mol. The van der Waals surface area contributed by atoms with Gasteiger partial charge in [-0.1, -0.05) is 86.0 Å². The number of carboxylic acid groups (broad SMARTS) is 1. The van der Waals surface area contributed by atoms with Crippen LogP contribution >= 0.6 is 11.3 Å². The molecule has 1 unspecified atom stereocenters. The molecule has 2 heterocycles. The number of amides is 1. The fourth-order valence-corrected chi connectivity index (χ4v) is 8.78. The smallest absolute Gasteiger partial charge is 0.348 e. The van der Waals surface area contributed by atoms with Crippen LogP contribution in [0.25, 0.3) is 21.2 Å². The zero-order valence-corrected chi connectivity index (χ0v) is 23.5. The SMILES string of the molecule is O=C(O)c1sc(-c2ccccc2)cc1N1C(=O)CN(S(=O)(=O)c2cccc3ccccc23)CC1C1CCCCC1. The third-order valence-corrected chi connectivity index (χ3v) is 11.1. The largest absolute Gasteiger partial charge is 0.477 e. The zero-order chi connectivity index (χ0) is 27.9. The van der Waals surface area contributed by atoms with Crippen LogP contribution in [0.5, 0.6) is 0 Å². The number of carbonyl (C=O) groups is 2. The second-order valence-electron chi connectivity index (χ2n) is 10.5. The molecule has 1 saturated carbocycles. The fraction of sp³-hybridized carbons (Fsp3) is 0.290. The van der Waals surface area contributed by atoms with Gasteiger partial charge in [0.2, 0.25) is 15.9 Å². The molecule has 0 spiro atoms. The average Bonchev–Trinajstić information content (AvgIpc) is 3.43. The molecule has 206 valence electrons. The van der Waals surface area contributed by atoms with Crippen LogP contribution in [0.2, 0.25) is 0 Å². The topological polar surface area (TPSA) is 95.0 Å². The number of rotatable bonds is 6. The van der Waals surface area contributed by atoms with Gasteiger partial charge in [0.25, 0.3) is 0 Å². The highest BCUT2D eigenvalue weighted by Gasteiger charge is 2.44. The molecular formula is C31H30N2O5S2. The first kappa shape index (κ1) is 26.7. The minimum atomic E-state index is -3.99. The Morgan fingerprint density at radius 3 is 2.35 bits per heavy atom. The maximum Gasteiger partial charge on any atom is 0.348 e. The van der Waals surface area contributed by atoms with E-state index >= 15 is 0 Å². The molecule has 2 aliphatic rings. The number of carbonyl (C=O) groups excluding carboxylic acids is 1. The van der Waals surface area contributed by atoms with Crippen LogP contribution in [0, 0.1) is 5.92 Å². The summed E-state index contributed by atoms with van der Waals surface area (Å²) in [7, 11) is -3.99. The third-order valence-electron chi connectivity index (χ3n) is 8.09. The van der Waals surface area contributed by atoms with Crippen LogP contribution in [0.3, 0.4) is 0 Å². The lowest BCUT2D eigenvalue weighted by molar-refractivity contribution is -0.121. The summed E-state index contributed by atoms with van der Waals surface area (Å²) in [5, 5.41) is 11.6. The minimum Gasteiger partial charge on any atom is -0.477 e. The number of thiophene rings is 1. The van der Waals surface area contributed by atoms with Crippen LogP contribution in [-0.4, -0.2) is 48.8 Å². The second kappa shape index (κ2) is 10.8. The molecule has 4 aromatic rings. The van der Waals surface area contributed by atoms with Crippen LogP contribution in [-0.2, 0) is 14.8 Å². The number of hydrogen-bond acceptors (Lipinski definition) is 5. The number of hydrogen-bond donors (Lipinski definition) is 1. The molecule has 9 heteroatoms. The van der Waals surface area contributed by atoms with E-state index in [4.69, 9.17) is 0 Å². The Balaban J connectivity index is 1.42. The van der Waals surface area contributed by atoms with E-state index in [1.165, 1.54) is 4.31 Å². The minimum absolute atomic E-state index is 0.0740. The number of aromatic carboxylic acids is 1. The Hall–Kier alpha value is -3.53. The van der Waals surface area contributed by atoms with Gasteiger partial charge in [-0.25, -0.2) is 13.2 Å². The Morgan fingerprint density at radius 1 is 0.900 bits per heavy atom. The molecule has 2 fully saturated rings. The van der Waals surface area contributed by atoms with Gasteiger partial charge in [0, 0.05) is 16.8 Å². The molecule has 1 aliphatic heterocycles. The Morgan fingerprint density at radius 2 is 1.60 bits per heavy atom. The normalized spacial score (nSPS) is 19.2. The summed E-state index contributed by atoms with van der Waals surface area (Å²) in [6, 6.07) is 23.4. The van der Waals surface area contributed by atoms with Crippen molar-refractivity contribution in [1.82, 2.24) is 4.31 Å². The van der Waals surface area contributed by atoms with Crippen molar-refractivity contribution in [2.45, 2.75) is 43.0 Å². The molecule has 1 amide bonds. The number of piperazine rings is 1. The van der Waals surface area contributed by atoms with Crippen molar-refractivity contribution in [1.29, 1.82) is 0 Å². The number of fused-ring (bicyclic) bond motifs is 1. The van der Waals surface area contributed by atoms with Gasteiger partial charge in [-0.15, -0.1) is 11.3 Å². The number of sulfonamides is 1. The van der Waals surface area contributed by atoms with E-state index in [9.17, 15) is 23.1 Å². The van der Waals surface area contributed by atoms with E-state index < -0.39 is 27.9 Å². The van der Waals surface area contributed by atoms with Crippen LogP contribution in [0.4, 0.5) is 5.69 Å². The van der Waals surface area contributed by atoms with Crippen molar-refractivity contribution in [3.63, 3.8) is 0 Å². The third kappa shape index (κ3) is 4.82. The summed E-state index contributed by atoms with van der Waals surface area (Å²) in [4.78, 5) is 29.0. The summed E-state index contributed by atoms with van der Waals surface area (Å²) in [6.07, 6.45) is 4.85. The summed E-state index contributed by atoms with van der Waals surface area (Å²) < 4.78 is 29.4. The zero-order valence-electron chi connectivity index (χ0n) is 21.9. The Labute approximate surface area is 237 Å². The van der Waals surface area contributed by atoms with Gasteiger partial charge in [0.15, 0.2) is 0 Å². The lowest BCUT2D eigenvalue weighted by Crippen LogP contribution is -2.60.